The summed E-state index contributed by atoms with van der Waals surface area (Å²) in [5, 5.41) is 0. The fourth-order valence-corrected chi connectivity index (χ4v) is 4.27. The second-order valence-corrected chi connectivity index (χ2v) is 8.32. The molecule has 2 heterocycles. The van der Waals surface area contributed by atoms with E-state index in [2.05, 4.69) is 11.9 Å². The van der Waals surface area contributed by atoms with Crippen LogP contribution in [0.4, 0.5) is 5.69 Å². The Labute approximate surface area is 188 Å². The van der Waals surface area contributed by atoms with E-state index in [0.717, 1.165) is 24.2 Å². The third-order valence-corrected chi connectivity index (χ3v) is 6.16. The van der Waals surface area contributed by atoms with E-state index in [1.54, 1.807) is 26.4 Å². The predicted octanol–water partition coefficient (Wildman–Crippen LogP) is 2.85. The second kappa shape index (κ2) is 8.67. The Morgan fingerprint density at radius 1 is 0.812 bits per heavy atom. The monoisotopic (exact) mass is 435 g/mol. The lowest BCUT2D eigenvalue weighted by atomic mass is 10.0. The van der Waals surface area contributed by atoms with Crippen LogP contribution in [0.2, 0.25) is 0 Å². The molecule has 4 rings (SSSR count). The number of nitrogens with zero attached hydrogens (tertiary/aromatic N) is 3. The van der Waals surface area contributed by atoms with Crippen LogP contribution in [0.1, 0.15) is 16.7 Å². The van der Waals surface area contributed by atoms with Gasteiger partial charge in [-0.05, 0) is 55.8 Å². The minimum Gasteiger partial charge on any atom is -0.493 e. The number of aryl methyl sites for hydroxylation is 2. The number of imide groups is 1. The summed E-state index contributed by atoms with van der Waals surface area (Å²) in [6.45, 7) is 6.89. The number of benzene rings is 2. The fraction of sp³-hybridized carbons (Fsp3) is 0.360. The molecule has 2 aliphatic rings. The van der Waals surface area contributed by atoms with Crippen molar-refractivity contribution in [2.75, 3.05) is 52.3 Å². The zero-order valence-corrected chi connectivity index (χ0v) is 19.3. The summed E-state index contributed by atoms with van der Waals surface area (Å²) in [7, 11) is 5.19. The van der Waals surface area contributed by atoms with E-state index in [-0.39, 0.29) is 11.8 Å². The van der Waals surface area contributed by atoms with Gasteiger partial charge in [0.1, 0.15) is 5.70 Å². The van der Waals surface area contributed by atoms with Crippen LogP contribution >= 0.6 is 0 Å². The van der Waals surface area contributed by atoms with Crippen LogP contribution in [0.15, 0.2) is 42.1 Å². The minimum absolute atomic E-state index is 0.280. The molecule has 1 fully saturated rings. The number of carbonyl (C=O) groups is 2. The Hall–Kier alpha value is -3.32. The summed E-state index contributed by atoms with van der Waals surface area (Å²) < 4.78 is 10.8. The van der Waals surface area contributed by atoms with Crippen molar-refractivity contribution in [2.24, 2.45) is 0 Å². The number of hydrogen-bond donors (Lipinski definition) is 0. The van der Waals surface area contributed by atoms with Crippen LogP contribution in [0, 0.1) is 13.8 Å². The van der Waals surface area contributed by atoms with Gasteiger partial charge in [-0.15, -0.1) is 0 Å². The molecule has 168 valence electrons. The molecule has 2 aromatic rings. The van der Waals surface area contributed by atoms with Crippen molar-refractivity contribution in [3.63, 3.8) is 0 Å². The third-order valence-electron chi connectivity index (χ3n) is 6.16. The van der Waals surface area contributed by atoms with Gasteiger partial charge < -0.3 is 19.3 Å². The van der Waals surface area contributed by atoms with Gasteiger partial charge in [-0.3, -0.25) is 9.59 Å². The van der Waals surface area contributed by atoms with Crippen molar-refractivity contribution >= 4 is 23.1 Å². The van der Waals surface area contributed by atoms with Crippen LogP contribution in [0.3, 0.4) is 0 Å². The summed E-state index contributed by atoms with van der Waals surface area (Å²) in [5.74, 6) is 0.490. The molecule has 0 N–H and O–H groups in total. The molecule has 1 saturated heterocycles. The summed E-state index contributed by atoms with van der Waals surface area (Å²) in [6, 6.07) is 11.2. The maximum atomic E-state index is 13.8. The molecular formula is C25H29N3O4. The Morgan fingerprint density at radius 3 is 2.16 bits per heavy atom. The predicted molar refractivity (Wildman–Crippen MR) is 124 cm³/mol. The lowest BCUT2D eigenvalue weighted by Gasteiger charge is -2.34. The maximum Gasteiger partial charge on any atom is 0.282 e. The summed E-state index contributed by atoms with van der Waals surface area (Å²) >= 11 is 0. The zero-order chi connectivity index (χ0) is 23.0. The molecule has 7 heteroatoms. The molecule has 0 bridgehead atoms. The zero-order valence-electron chi connectivity index (χ0n) is 19.3. The van der Waals surface area contributed by atoms with Gasteiger partial charge in [0.25, 0.3) is 11.8 Å². The Morgan fingerprint density at radius 2 is 1.50 bits per heavy atom. The quantitative estimate of drug-likeness (QED) is 0.673. The Balaban J connectivity index is 1.86. The van der Waals surface area contributed by atoms with Crippen molar-refractivity contribution in [1.82, 2.24) is 9.80 Å². The lowest BCUT2D eigenvalue weighted by molar-refractivity contribution is -0.120. The number of hydrogen-bond acceptors (Lipinski definition) is 6. The normalized spacial score (nSPS) is 17.4. The highest BCUT2D eigenvalue weighted by Crippen LogP contribution is 2.39. The van der Waals surface area contributed by atoms with E-state index in [0.29, 0.717) is 47.1 Å². The standard InChI is InChI=1S/C25H29N3O4/c1-16-6-7-17(2)19(14-16)28-24(29)22(18-8-9-20(31-4)21(15-18)32-5)23(25(28)30)27-12-10-26(3)11-13-27/h6-9,14-15H,10-13H2,1-5H3. The largest absolute Gasteiger partial charge is 0.493 e. The number of amides is 2. The molecule has 0 unspecified atom stereocenters. The molecule has 0 aromatic heterocycles. The summed E-state index contributed by atoms with van der Waals surface area (Å²) in [6.07, 6.45) is 0. The first kappa shape index (κ1) is 21.9. The van der Waals surface area contributed by atoms with Gasteiger partial charge in [-0.1, -0.05) is 18.2 Å². The SMILES string of the molecule is COc1ccc(C2=C(N3CCN(C)CC3)C(=O)N(c3cc(C)ccc3C)C2=O)cc1OC. The van der Waals surface area contributed by atoms with E-state index in [9.17, 15) is 9.59 Å². The first-order valence-corrected chi connectivity index (χ1v) is 10.7. The van der Waals surface area contributed by atoms with E-state index in [4.69, 9.17) is 9.47 Å². The first-order valence-electron chi connectivity index (χ1n) is 10.7. The van der Waals surface area contributed by atoms with Crippen LogP contribution in [0.5, 0.6) is 11.5 Å². The highest BCUT2D eigenvalue weighted by atomic mass is 16.5. The van der Waals surface area contributed by atoms with Gasteiger partial charge in [0, 0.05) is 26.2 Å². The van der Waals surface area contributed by atoms with E-state index >= 15 is 0 Å². The highest BCUT2D eigenvalue weighted by Gasteiger charge is 2.43. The number of ether oxygens (including phenoxy) is 2. The molecule has 2 aliphatic heterocycles. The molecule has 0 aliphatic carbocycles. The van der Waals surface area contributed by atoms with Crippen molar-refractivity contribution in [3.05, 3.63) is 58.8 Å². The van der Waals surface area contributed by atoms with E-state index in [1.807, 2.05) is 43.0 Å². The van der Waals surface area contributed by atoms with Gasteiger partial charge in [0.2, 0.25) is 0 Å². The number of anilines is 1. The van der Waals surface area contributed by atoms with Gasteiger partial charge in [-0.25, -0.2) is 4.90 Å². The highest BCUT2D eigenvalue weighted by molar-refractivity contribution is 6.45. The van der Waals surface area contributed by atoms with Gasteiger partial charge in [0.05, 0.1) is 25.5 Å². The van der Waals surface area contributed by atoms with E-state index < -0.39 is 0 Å². The molecule has 0 radical (unpaired) electrons. The van der Waals surface area contributed by atoms with Crippen LogP contribution in [0.25, 0.3) is 5.57 Å². The van der Waals surface area contributed by atoms with Crippen LogP contribution < -0.4 is 14.4 Å². The van der Waals surface area contributed by atoms with Gasteiger partial charge >= 0.3 is 0 Å². The third kappa shape index (κ3) is 3.73. The van der Waals surface area contributed by atoms with Crippen molar-refractivity contribution in [2.45, 2.75) is 13.8 Å². The number of carbonyl (C=O) groups excluding carboxylic acids is 2. The average molecular weight is 436 g/mol. The fourth-order valence-electron chi connectivity index (χ4n) is 4.27. The number of piperazine rings is 1. The summed E-state index contributed by atoms with van der Waals surface area (Å²) in [5.41, 5.74) is 4.00. The molecule has 0 saturated carbocycles. The number of methoxy groups -OCH3 is 2. The van der Waals surface area contributed by atoms with Crippen LogP contribution in [-0.4, -0.2) is 69.1 Å². The molecule has 32 heavy (non-hydrogen) atoms. The molecule has 0 spiro atoms. The van der Waals surface area contributed by atoms with Crippen molar-refractivity contribution in [1.29, 1.82) is 0 Å². The average Bonchev–Trinajstić information content (AvgIpc) is 3.05. The molecule has 2 aromatic carbocycles. The Kier molecular flexibility index (Phi) is 5.93. The first-order chi connectivity index (χ1) is 15.3. The molecule has 0 atom stereocenters. The number of rotatable bonds is 5. The molecule has 2 amide bonds. The molecular weight excluding hydrogens is 406 g/mol. The van der Waals surface area contributed by atoms with Crippen molar-refractivity contribution in [3.8, 4) is 11.5 Å². The topological polar surface area (TPSA) is 62.3 Å². The molecule has 7 nitrogen and oxygen atoms in total. The maximum absolute atomic E-state index is 13.8. The smallest absolute Gasteiger partial charge is 0.282 e. The van der Waals surface area contributed by atoms with Gasteiger partial charge in [0.15, 0.2) is 11.5 Å². The van der Waals surface area contributed by atoms with Crippen molar-refractivity contribution < 1.29 is 19.1 Å². The summed E-state index contributed by atoms with van der Waals surface area (Å²) in [4.78, 5) is 33.1. The lowest BCUT2D eigenvalue weighted by Crippen LogP contribution is -2.46. The Bertz CT molecular complexity index is 1100. The van der Waals surface area contributed by atoms with Crippen LogP contribution in [-0.2, 0) is 9.59 Å². The number of likely N-dealkylation sites (N-methyl/N-ethyl adjacent to an activating group) is 1. The van der Waals surface area contributed by atoms with Gasteiger partial charge in [-0.2, -0.15) is 0 Å². The van der Waals surface area contributed by atoms with E-state index in [1.165, 1.54) is 4.90 Å². The minimum atomic E-state index is -0.315. The second-order valence-electron chi connectivity index (χ2n) is 8.32.